The minimum absolute atomic E-state index is 0.0280. The number of rotatable bonds is 6. The van der Waals surface area contributed by atoms with E-state index in [1.807, 2.05) is 12.3 Å². The van der Waals surface area contributed by atoms with Gasteiger partial charge in [0, 0.05) is 11.9 Å². The van der Waals surface area contributed by atoms with Crippen LogP contribution in [0.1, 0.15) is 30.5 Å². The Kier molecular flexibility index (Phi) is 4.66. The van der Waals surface area contributed by atoms with Gasteiger partial charge in [-0.1, -0.05) is 17.3 Å². The van der Waals surface area contributed by atoms with E-state index in [0.29, 0.717) is 18.0 Å². The second-order valence-corrected chi connectivity index (χ2v) is 6.14. The van der Waals surface area contributed by atoms with Crippen LogP contribution < -0.4 is 4.74 Å². The molecule has 0 saturated carbocycles. The van der Waals surface area contributed by atoms with Gasteiger partial charge in [0.15, 0.2) is 0 Å². The predicted octanol–water partition coefficient (Wildman–Crippen LogP) is 4.00. The van der Waals surface area contributed by atoms with Gasteiger partial charge in [-0.2, -0.15) is 13.8 Å². The summed E-state index contributed by atoms with van der Waals surface area (Å²) in [5.74, 6) is 0.720. The molecule has 0 radical (unpaired) electrons. The van der Waals surface area contributed by atoms with E-state index in [2.05, 4.69) is 30.8 Å². The molecule has 26 heavy (non-hydrogen) atoms. The SMILES string of the molecule is FC(F)Oc1ccccc1-c1noc(CN2CCCC2c2ccc[nH]2)n1. The Bertz CT molecular complexity index is 851. The lowest BCUT2D eigenvalue weighted by atomic mass is 10.1. The number of nitrogens with one attached hydrogen (secondary N) is 1. The van der Waals surface area contributed by atoms with Crippen LogP contribution in [0, 0.1) is 0 Å². The van der Waals surface area contributed by atoms with E-state index in [1.54, 1.807) is 18.2 Å². The molecule has 0 bridgehead atoms. The quantitative estimate of drug-likeness (QED) is 0.720. The summed E-state index contributed by atoms with van der Waals surface area (Å²) in [6, 6.07) is 10.8. The average Bonchev–Trinajstić information content (AvgIpc) is 3.36. The van der Waals surface area contributed by atoms with Gasteiger partial charge < -0.3 is 14.2 Å². The molecule has 1 unspecified atom stereocenters. The van der Waals surface area contributed by atoms with Crippen molar-refractivity contribution in [3.8, 4) is 17.1 Å². The van der Waals surface area contributed by atoms with Crippen LogP contribution in [0.25, 0.3) is 11.4 Å². The Morgan fingerprint density at radius 1 is 1.27 bits per heavy atom. The largest absolute Gasteiger partial charge is 0.434 e. The van der Waals surface area contributed by atoms with Gasteiger partial charge in [-0.15, -0.1) is 0 Å². The van der Waals surface area contributed by atoms with Crippen molar-refractivity contribution in [2.75, 3.05) is 6.54 Å². The highest BCUT2D eigenvalue weighted by Gasteiger charge is 2.28. The summed E-state index contributed by atoms with van der Waals surface area (Å²) < 4.78 is 35.0. The van der Waals surface area contributed by atoms with Gasteiger partial charge in [0.25, 0.3) is 0 Å². The van der Waals surface area contributed by atoms with Gasteiger partial charge in [0.1, 0.15) is 5.75 Å². The van der Waals surface area contributed by atoms with E-state index in [0.717, 1.165) is 25.1 Å². The molecule has 1 atom stereocenters. The Hall–Kier alpha value is -2.74. The third-order valence-corrected chi connectivity index (χ3v) is 4.50. The highest BCUT2D eigenvalue weighted by Crippen LogP contribution is 2.33. The lowest BCUT2D eigenvalue weighted by Gasteiger charge is -2.21. The Balaban J connectivity index is 1.52. The van der Waals surface area contributed by atoms with Crippen LogP contribution in [0.2, 0.25) is 0 Å². The summed E-state index contributed by atoms with van der Waals surface area (Å²) in [4.78, 5) is 9.90. The molecule has 4 rings (SSSR count). The first kappa shape index (κ1) is 16.7. The molecule has 0 amide bonds. The first-order valence-corrected chi connectivity index (χ1v) is 8.45. The molecule has 3 heterocycles. The average molecular weight is 360 g/mol. The standard InChI is InChI=1S/C18H18F2N4O2/c19-18(20)25-15-8-2-1-5-12(15)17-22-16(26-23-17)11-24-10-4-7-14(24)13-6-3-9-21-13/h1-3,5-6,8-9,14,18,21H,4,7,10-11H2. The molecule has 1 fully saturated rings. The third-order valence-electron chi connectivity index (χ3n) is 4.50. The van der Waals surface area contributed by atoms with Gasteiger partial charge in [0.05, 0.1) is 18.2 Å². The minimum atomic E-state index is -2.91. The number of nitrogens with zero attached hydrogens (tertiary/aromatic N) is 3. The predicted molar refractivity (Wildman–Crippen MR) is 89.5 cm³/mol. The number of ether oxygens (including phenoxy) is 1. The first-order valence-electron chi connectivity index (χ1n) is 8.45. The fraction of sp³-hybridized carbons (Fsp3) is 0.333. The van der Waals surface area contributed by atoms with Crippen molar-refractivity contribution in [2.45, 2.75) is 32.0 Å². The summed E-state index contributed by atoms with van der Waals surface area (Å²) in [6.07, 6.45) is 4.07. The van der Waals surface area contributed by atoms with Crippen molar-refractivity contribution in [1.82, 2.24) is 20.0 Å². The topological polar surface area (TPSA) is 67.2 Å². The maximum atomic E-state index is 12.6. The van der Waals surface area contributed by atoms with E-state index in [1.165, 1.54) is 6.07 Å². The smallest absolute Gasteiger partial charge is 0.387 e. The number of hydrogen-bond donors (Lipinski definition) is 1. The number of benzene rings is 1. The van der Waals surface area contributed by atoms with E-state index >= 15 is 0 Å². The van der Waals surface area contributed by atoms with Gasteiger partial charge >= 0.3 is 6.61 Å². The summed E-state index contributed by atoms with van der Waals surface area (Å²) >= 11 is 0. The number of likely N-dealkylation sites (tertiary alicyclic amines) is 1. The summed E-state index contributed by atoms with van der Waals surface area (Å²) in [5.41, 5.74) is 1.54. The van der Waals surface area contributed by atoms with Crippen LogP contribution in [0.5, 0.6) is 5.75 Å². The highest BCUT2D eigenvalue weighted by molar-refractivity contribution is 5.63. The molecule has 1 aliphatic heterocycles. The third kappa shape index (κ3) is 3.45. The molecular formula is C18H18F2N4O2. The number of halogens is 2. The zero-order valence-electron chi connectivity index (χ0n) is 13.9. The number of aromatic amines is 1. The Morgan fingerprint density at radius 2 is 2.15 bits per heavy atom. The molecule has 1 aliphatic rings. The lowest BCUT2D eigenvalue weighted by Crippen LogP contribution is -2.23. The molecule has 0 aliphatic carbocycles. The maximum Gasteiger partial charge on any atom is 0.387 e. The van der Waals surface area contributed by atoms with E-state index < -0.39 is 6.61 Å². The van der Waals surface area contributed by atoms with E-state index in [-0.39, 0.29) is 17.6 Å². The fourth-order valence-electron chi connectivity index (χ4n) is 3.37. The lowest BCUT2D eigenvalue weighted by molar-refractivity contribution is -0.0494. The molecule has 1 saturated heterocycles. The van der Waals surface area contributed by atoms with Crippen molar-refractivity contribution in [1.29, 1.82) is 0 Å². The maximum absolute atomic E-state index is 12.6. The van der Waals surface area contributed by atoms with E-state index in [4.69, 9.17) is 4.52 Å². The number of para-hydroxylation sites is 1. The van der Waals surface area contributed by atoms with E-state index in [9.17, 15) is 8.78 Å². The van der Waals surface area contributed by atoms with Gasteiger partial charge in [-0.25, -0.2) is 0 Å². The zero-order chi connectivity index (χ0) is 17.9. The van der Waals surface area contributed by atoms with Crippen LogP contribution in [0.15, 0.2) is 47.1 Å². The van der Waals surface area contributed by atoms with Crippen LogP contribution in [-0.2, 0) is 6.54 Å². The number of aromatic nitrogens is 3. The monoisotopic (exact) mass is 360 g/mol. The molecule has 1 N–H and O–H groups in total. The van der Waals surface area contributed by atoms with Crippen LogP contribution >= 0.6 is 0 Å². The molecule has 3 aromatic rings. The number of alkyl halides is 2. The zero-order valence-corrected chi connectivity index (χ0v) is 13.9. The van der Waals surface area contributed by atoms with Gasteiger partial charge in [0.2, 0.25) is 11.7 Å². The van der Waals surface area contributed by atoms with Gasteiger partial charge in [-0.3, -0.25) is 4.90 Å². The molecule has 136 valence electrons. The Labute approximate surface area is 148 Å². The van der Waals surface area contributed by atoms with Crippen LogP contribution in [0.3, 0.4) is 0 Å². The molecule has 8 heteroatoms. The molecule has 0 spiro atoms. The first-order chi connectivity index (χ1) is 12.7. The van der Waals surface area contributed by atoms with Crippen molar-refractivity contribution < 1.29 is 18.0 Å². The molecular weight excluding hydrogens is 342 g/mol. The second-order valence-electron chi connectivity index (χ2n) is 6.14. The summed E-state index contributed by atoms with van der Waals surface area (Å²) in [5, 5.41) is 3.94. The normalized spacial score (nSPS) is 17.9. The fourth-order valence-corrected chi connectivity index (χ4v) is 3.37. The molecule has 1 aromatic carbocycles. The Morgan fingerprint density at radius 3 is 2.96 bits per heavy atom. The van der Waals surface area contributed by atoms with Crippen molar-refractivity contribution in [2.24, 2.45) is 0 Å². The van der Waals surface area contributed by atoms with Crippen LogP contribution in [0.4, 0.5) is 8.78 Å². The minimum Gasteiger partial charge on any atom is -0.434 e. The van der Waals surface area contributed by atoms with Crippen molar-refractivity contribution in [3.05, 3.63) is 54.2 Å². The van der Waals surface area contributed by atoms with Crippen molar-refractivity contribution in [3.63, 3.8) is 0 Å². The summed E-state index contributed by atoms with van der Waals surface area (Å²) in [6.45, 7) is -1.46. The highest BCUT2D eigenvalue weighted by atomic mass is 19.3. The van der Waals surface area contributed by atoms with Crippen LogP contribution in [-0.4, -0.2) is 33.2 Å². The summed E-state index contributed by atoms with van der Waals surface area (Å²) in [7, 11) is 0. The van der Waals surface area contributed by atoms with Gasteiger partial charge in [-0.05, 0) is 43.7 Å². The van der Waals surface area contributed by atoms with Crippen molar-refractivity contribution >= 4 is 0 Å². The second kappa shape index (κ2) is 7.25. The number of H-pyrrole nitrogens is 1. The number of hydrogen-bond acceptors (Lipinski definition) is 5. The molecule has 6 nitrogen and oxygen atoms in total. The molecule has 2 aromatic heterocycles.